The first kappa shape index (κ1) is 9.82. The molecule has 1 aromatic rings. The van der Waals surface area contributed by atoms with Crippen molar-refractivity contribution in [3.63, 3.8) is 0 Å². The topological polar surface area (TPSA) is 38.0 Å². The zero-order chi connectivity index (χ0) is 9.90. The molecular formula is C10H14N2O. The zero-order valence-electron chi connectivity index (χ0n) is 8.20. The Bertz CT molecular complexity index is 336. The van der Waals surface area contributed by atoms with E-state index in [4.69, 9.17) is 0 Å². The standard InChI is InChI=1S/C10H14N2O/c1-4-12-9(6-8-11-12)5-7-10(2,3)13/h6,8,13H,4H2,1-3H3. The van der Waals surface area contributed by atoms with Gasteiger partial charge in [0.1, 0.15) is 11.3 Å². The van der Waals surface area contributed by atoms with Crippen molar-refractivity contribution in [3.8, 4) is 11.8 Å². The molecule has 3 nitrogen and oxygen atoms in total. The molecule has 3 heteroatoms. The van der Waals surface area contributed by atoms with Gasteiger partial charge >= 0.3 is 0 Å². The maximum Gasteiger partial charge on any atom is 0.120 e. The smallest absolute Gasteiger partial charge is 0.120 e. The minimum atomic E-state index is -0.942. The number of aryl methyl sites for hydroxylation is 1. The summed E-state index contributed by atoms with van der Waals surface area (Å²) in [4.78, 5) is 0. The maximum absolute atomic E-state index is 9.38. The van der Waals surface area contributed by atoms with Crippen molar-refractivity contribution in [2.45, 2.75) is 32.9 Å². The highest BCUT2D eigenvalue weighted by molar-refractivity contribution is 5.29. The molecule has 0 atom stereocenters. The van der Waals surface area contributed by atoms with Gasteiger partial charge in [0.2, 0.25) is 0 Å². The number of rotatable bonds is 1. The SMILES string of the molecule is CCn1nccc1C#CC(C)(C)O. The van der Waals surface area contributed by atoms with Crippen LogP contribution in [0.15, 0.2) is 12.3 Å². The molecular weight excluding hydrogens is 164 g/mol. The molecule has 13 heavy (non-hydrogen) atoms. The monoisotopic (exact) mass is 178 g/mol. The average molecular weight is 178 g/mol. The highest BCUT2D eigenvalue weighted by Gasteiger charge is 2.06. The Morgan fingerprint density at radius 1 is 1.62 bits per heavy atom. The van der Waals surface area contributed by atoms with Crippen molar-refractivity contribution >= 4 is 0 Å². The number of hydrogen-bond donors (Lipinski definition) is 1. The third-order valence-corrected chi connectivity index (χ3v) is 1.51. The van der Waals surface area contributed by atoms with Gasteiger partial charge in [0, 0.05) is 6.54 Å². The Morgan fingerprint density at radius 3 is 2.85 bits per heavy atom. The van der Waals surface area contributed by atoms with Crippen molar-refractivity contribution < 1.29 is 5.11 Å². The van der Waals surface area contributed by atoms with E-state index in [1.807, 2.05) is 13.0 Å². The lowest BCUT2D eigenvalue weighted by Gasteiger charge is -2.06. The Kier molecular flexibility index (Phi) is 2.74. The van der Waals surface area contributed by atoms with E-state index in [1.54, 1.807) is 24.7 Å². The molecule has 0 spiro atoms. The van der Waals surface area contributed by atoms with Gasteiger partial charge in [0.15, 0.2) is 0 Å². The molecule has 0 aromatic carbocycles. The molecule has 0 bridgehead atoms. The van der Waals surface area contributed by atoms with Gasteiger partial charge in [0.25, 0.3) is 0 Å². The summed E-state index contributed by atoms with van der Waals surface area (Å²) in [6.45, 7) is 6.12. The molecule has 0 amide bonds. The number of hydrogen-bond acceptors (Lipinski definition) is 2. The molecule has 0 radical (unpaired) electrons. The summed E-state index contributed by atoms with van der Waals surface area (Å²) in [6.07, 6.45) is 1.71. The minimum Gasteiger partial charge on any atom is -0.378 e. The predicted octanol–water partition coefficient (Wildman–Crippen LogP) is 1.03. The number of aliphatic hydroxyl groups is 1. The van der Waals surface area contributed by atoms with Crippen LogP contribution in [-0.4, -0.2) is 20.5 Å². The summed E-state index contributed by atoms with van der Waals surface area (Å²) in [5, 5.41) is 13.4. The molecule has 0 saturated heterocycles. The van der Waals surface area contributed by atoms with E-state index in [0.29, 0.717) is 0 Å². The third kappa shape index (κ3) is 2.92. The van der Waals surface area contributed by atoms with E-state index in [2.05, 4.69) is 16.9 Å². The van der Waals surface area contributed by atoms with Crippen LogP contribution in [0.25, 0.3) is 0 Å². The second kappa shape index (κ2) is 3.63. The van der Waals surface area contributed by atoms with Crippen molar-refractivity contribution in [3.05, 3.63) is 18.0 Å². The van der Waals surface area contributed by atoms with Crippen LogP contribution in [0.1, 0.15) is 26.5 Å². The molecule has 0 saturated carbocycles. The summed E-state index contributed by atoms with van der Waals surface area (Å²) in [5.74, 6) is 5.63. The van der Waals surface area contributed by atoms with Crippen LogP contribution in [0.5, 0.6) is 0 Å². The molecule has 0 unspecified atom stereocenters. The molecule has 1 N–H and O–H groups in total. The first-order valence-corrected chi connectivity index (χ1v) is 4.30. The van der Waals surface area contributed by atoms with E-state index in [0.717, 1.165) is 12.2 Å². The molecule has 0 fully saturated rings. The van der Waals surface area contributed by atoms with Gasteiger partial charge in [-0.3, -0.25) is 4.68 Å². The fourth-order valence-corrected chi connectivity index (χ4v) is 0.908. The summed E-state index contributed by atoms with van der Waals surface area (Å²) >= 11 is 0. The van der Waals surface area contributed by atoms with Gasteiger partial charge in [-0.15, -0.1) is 0 Å². The highest BCUT2D eigenvalue weighted by atomic mass is 16.3. The van der Waals surface area contributed by atoms with Crippen molar-refractivity contribution in [1.29, 1.82) is 0 Å². The van der Waals surface area contributed by atoms with E-state index in [-0.39, 0.29) is 0 Å². The lowest BCUT2D eigenvalue weighted by Crippen LogP contribution is -2.14. The van der Waals surface area contributed by atoms with E-state index in [9.17, 15) is 5.11 Å². The summed E-state index contributed by atoms with van der Waals surface area (Å²) in [5.41, 5.74) is -0.104. The van der Waals surface area contributed by atoms with Crippen molar-refractivity contribution in [2.75, 3.05) is 0 Å². The molecule has 1 rings (SSSR count). The van der Waals surface area contributed by atoms with Gasteiger partial charge in [-0.05, 0) is 32.8 Å². The second-order valence-electron chi connectivity index (χ2n) is 3.34. The van der Waals surface area contributed by atoms with Crippen molar-refractivity contribution in [1.82, 2.24) is 9.78 Å². The lowest BCUT2D eigenvalue weighted by molar-refractivity contribution is 0.143. The summed E-state index contributed by atoms with van der Waals surface area (Å²) in [6, 6.07) is 1.84. The quantitative estimate of drug-likeness (QED) is 0.652. The molecule has 0 aliphatic rings. The largest absolute Gasteiger partial charge is 0.378 e. The maximum atomic E-state index is 9.38. The molecule has 70 valence electrons. The van der Waals surface area contributed by atoms with Gasteiger partial charge in [-0.25, -0.2) is 0 Å². The number of aromatic nitrogens is 2. The fraction of sp³-hybridized carbons (Fsp3) is 0.500. The van der Waals surface area contributed by atoms with Gasteiger partial charge in [-0.1, -0.05) is 5.92 Å². The minimum absolute atomic E-state index is 0.795. The van der Waals surface area contributed by atoms with E-state index in [1.165, 1.54) is 0 Å². The van der Waals surface area contributed by atoms with Crippen LogP contribution < -0.4 is 0 Å². The fourth-order valence-electron chi connectivity index (χ4n) is 0.908. The molecule has 0 aliphatic heterocycles. The first-order valence-electron chi connectivity index (χ1n) is 4.30. The summed E-state index contributed by atoms with van der Waals surface area (Å²) in [7, 11) is 0. The predicted molar refractivity (Wildman–Crippen MR) is 51.1 cm³/mol. The van der Waals surface area contributed by atoms with Crippen LogP contribution in [0.3, 0.4) is 0 Å². The van der Waals surface area contributed by atoms with Gasteiger partial charge in [0.05, 0.1) is 6.20 Å². The Balaban J connectivity index is 2.89. The first-order chi connectivity index (χ1) is 6.03. The van der Waals surface area contributed by atoms with Crippen LogP contribution >= 0.6 is 0 Å². The van der Waals surface area contributed by atoms with Crippen molar-refractivity contribution in [2.24, 2.45) is 0 Å². The lowest BCUT2D eigenvalue weighted by atomic mass is 10.1. The Labute approximate surface area is 78.4 Å². The van der Waals surface area contributed by atoms with Crippen LogP contribution in [-0.2, 0) is 6.54 Å². The van der Waals surface area contributed by atoms with Crippen LogP contribution in [0.4, 0.5) is 0 Å². The molecule has 1 aromatic heterocycles. The van der Waals surface area contributed by atoms with Gasteiger partial charge in [-0.2, -0.15) is 5.10 Å². The number of nitrogens with zero attached hydrogens (tertiary/aromatic N) is 2. The van der Waals surface area contributed by atoms with Crippen LogP contribution in [0, 0.1) is 11.8 Å². The normalized spacial score (nSPS) is 10.8. The van der Waals surface area contributed by atoms with E-state index < -0.39 is 5.60 Å². The highest BCUT2D eigenvalue weighted by Crippen LogP contribution is 2.00. The second-order valence-corrected chi connectivity index (χ2v) is 3.34. The van der Waals surface area contributed by atoms with E-state index >= 15 is 0 Å². The molecule has 0 aliphatic carbocycles. The van der Waals surface area contributed by atoms with Gasteiger partial charge < -0.3 is 5.11 Å². The zero-order valence-corrected chi connectivity index (χ0v) is 8.20. The average Bonchev–Trinajstić information content (AvgIpc) is 2.46. The third-order valence-electron chi connectivity index (χ3n) is 1.51. The van der Waals surface area contributed by atoms with Crippen LogP contribution in [0.2, 0.25) is 0 Å². The Morgan fingerprint density at radius 2 is 2.31 bits per heavy atom. The summed E-state index contributed by atoms with van der Waals surface area (Å²) < 4.78 is 1.79. The molecule has 1 heterocycles. The Hall–Kier alpha value is -1.27.